The van der Waals surface area contributed by atoms with Crippen LogP contribution in [0.1, 0.15) is 20.8 Å². The van der Waals surface area contributed by atoms with Gasteiger partial charge in [0.25, 0.3) is 0 Å². The van der Waals surface area contributed by atoms with Crippen LogP contribution in [0.4, 0.5) is 4.79 Å². The van der Waals surface area contributed by atoms with E-state index >= 15 is 0 Å². The molecule has 1 rings (SSSR count). The van der Waals surface area contributed by atoms with E-state index in [-0.39, 0.29) is 11.7 Å². The number of carbonyl (C=O) groups excluding carboxylic acids is 1. The summed E-state index contributed by atoms with van der Waals surface area (Å²) in [7, 11) is 0. The Balaban J connectivity index is 2.68. The molecule has 0 N–H and O–H groups in total. The molecule has 0 aromatic heterocycles. The van der Waals surface area contributed by atoms with Crippen LogP contribution in [0.15, 0.2) is 10.6 Å². The zero-order valence-corrected chi connectivity index (χ0v) is 13.7. The highest BCUT2D eigenvalue weighted by Gasteiger charge is 2.27. The third kappa shape index (κ3) is 4.87. The first-order valence-electron chi connectivity index (χ1n) is 6.63. The summed E-state index contributed by atoms with van der Waals surface area (Å²) in [5, 5.41) is 18.6. The smallest absolute Gasteiger partial charge is 0.410 e. The van der Waals surface area contributed by atoms with Crippen LogP contribution in [0, 0.1) is 22.7 Å². The Bertz CT molecular complexity index is 487. The van der Waals surface area contributed by atoms with E-state index in [0.29, 0.717) is 31.2 Å². The fourth-order valence-corrected chi connectivity index (χ4v) is 2.66. The highest BCUT2D eigenvalue weighted by molar-refractivity contribution is 8.02. The number of thioether (sulfide) groups is 1. The van der Waals surface area contributed by atoms with E-state index in [1.165, 1.54) is 11.8 Å². The number of carbonyl (C=O) groups is 1. The fourth-order valence-electron chi connectivity index (χ4n) is 1.93. The van der Waals surface area contributed by atoms with Crippen molar-refractivity contribution in [1.82, 2.24) is 9.80 Å². The molecular formula is C14H20N4O2S. The molecule has 1 saturated heterocycles. The normalized spacial score (nSPS) is 15.0. The first kappa shape index (κ1) is 17.2. The molecule has 0 aromatic carbocycles. The van der Waals surface area contributed by atoms with Crippen LogP contribution in [0.2, 0.25) is 0 Å². The van der Waals surface area contributed by atoms with Crippen molar-refractivity contribution in [3.63, 3.8) is 0 Å². The van der Waals surface area contributed by atoms with Crippen molar-refractivity contribution >= 4 is 17.9 Å². The molecule has 0 spiro atoms. The van der Waals surface area contributed by atoms with Gasteiger partial charge in [-0.05, 0) is 27.0 Å². The maximum absolute atomic E-state index is 12.0. The third-order valence-corrected chi connectivity index (χ3v) is 3.70. The first-order valence-corrected chi connectivity index (χ1v) is 7.86. The van der Waals surface area contributed by atoms with Crippen LogP contribution < -0.4 is 0 Å². The van der Waals surface area contributed by atoms with Gasteiger partial charge in [-0.2, -0.15) is 10.5 Å². The summed E-state index contributed by atoms with van der Waals surface area (Å²) in [6.45, 7) is 7.71. The predicted octanol–water partition coefficient (Wildman–Crippen LogP) is 2.16. The average Bonchev–Trinajstić information content (AvgIpc) is 2.43. The van der Waals surface area contributed by atoms with Gasteiger partial charge in [-0.25, -0.2) is 4.79 Å². The van der Waals surface area contributed by atoms with E-state index in [1.807, 2.05) is 44.1 Å². The monoisotopic (exact) mass is 308 g/mol. The molecule has 1 aliphatic heterocycles. The van der Waals surface area contributed by atoms with Gasteiger partial charge in [0.15, 0.2) is 5.57 Å². The zero-order chi connectivity index (χ0) is 16.0. The van der Waals surface area contributed by atoms with Gasteiger partial charge in [0.1, 0.15) is 17.7 Å². The summed E-state index contributed by atoms with van der Waals surface area (Å²) < 4.78 is 5.34. The standard InChI is InChI=1S/C14H20N4O2S/c1-14(2,3)20-13(19)18-7-5-17(6-8-18)12(21-4)11(9-15)10-16/h5-8H2,1-4H3. The first-order chi connectivity index (χ1) is 9.82. The van der Waals surface area contributed by atoms with E-state index in [9.17, 15) is 4.79 Å². The second kappa shape index (κ2) is 7.24. The number of allylic oxidation sites excluding steroid dienone is 1. The molecule has 7 heteroatoms. The fraction of sp³-hybridized carbons (Fsp3) is 0.643. The van der Waals surface area contributed by atoms with Gasteiger partial charge in [-0.1, -0.05) is 0 Å². The zero-order valence-electron chi connectivity index (χ0n) is 12.8. The molecule has 0 bridgehead atoms. The number of rotatable bonds is 2. The molecule has 1 heterocycles. The lowest BCUT2D eigenvalue weighted by molar-refractivity contribution is 0.0174. The number of piperazine rings is 1. The molecule has 1 fully saturated rings. The summed E-state index contributed by atoms with van der Waals surface area (Å²) in [6.07, 6.45) is 1.52. The minimum atomic E-state index is -0.507. The quantitative estimate of drug-likeness (QED) is 0.727. The van der Waals surface area contributed by atoms with E-state index in [1.54, 1.807) is 4.90 Å². The van der Waals surface area contributed by atoms with Gasteiger partial charge in [-0.15, -0.1) is 11.8 Å². The maximum Gasteiger partial charge on any atom is 0.410 e. The third-order valence-electron chi connectivity index (χ3n) is 2.85. The second-order valence-corrected chi connectivity index (χ2v) is 6.36. The van der Waals surface area contributed by atoms with Crippen molar-refractivity contribution in [3.05, 3.63) is 10.6 Å². The number of hydrogen-bond acceptors (Lipinski definition) is 6. The molecule has 0 unspecified atom stereocenters. The SMILES string of the molecule is CSC(=C(C#N)C#N)N1CCN(C(=O)OC(C)(C)C)CC1. The molecule has 114 valence electrons. The molecule has 0 radical (unpaired) electrons. The average molecular weight is 308 g/mol. The lowest BCUT2D eigenvalue weighted by atomic mass is 10.2. The molecule has 0 saturated carbocycles. The van der Waals surface area contributed by atoms with E-state index in [0.717, 1.165) is 0 Å². The topological polar surface area (TPSA) is 80.4 Å². The highest BCUT2D eigenvalue weighted by atomic mass is 32.2. The molecular weight excluding hydrogens is 288 g/mol. The van der Waals surface area contributed by atoms with Gasteiger partial charge in [0.05, 0.1) is 5.03 Å². The molecule has 0 aromatic rings. The molecule has 1 aliphatic rings. The Morgan fingerprint density at radius 1 is 1.10 bits per heavy atom. The van der Waals surface area contributed by atoms with Gasteiger partial charge in [-0.3, -0.25) is 0 Å². The van der Waals surface area contributed by atoms with Gasteiger partial charge in [0.2, 0.25) is 0 Å². The van der Waals surface area contributed by atoms with Crippen molar-refractivity contribution in [2.45, 2.75) is 26.4 Å². The van der Waals surface area contributed by atoms with Crippen molar-refractivity contribution in [3.8, 4) is 12.1 Å². The Hall–Kier alpha value is -1.86. The summed E-state index contributed by atoms with van der Waals surface area (Å²) >= 11 is 1.38. The Morgan fingerprint density at radius 3 is 1.95 bits per heavy atom. The van der Waals surface area contributed by atoms with Crippen LogP contribution in [0.3, 0.4) is 0 Å². The van der Waals surface area contributed by atoms with Crippen molar-refractivity contribution < 1.29 is 9.53 Å². The number of amides is 1. The Morgan fingerprint density at radius 2 is 1.57 bits per heavy atom. The molecule has 0 atom stereocenters. The van der Waals surface area contributed by atoms with Crippen LogP contribution >= 0.6 is 11.8 Å². The van der Waals surface area contributed by atoms with E-state index < -0.39 is 5.60 Å². The Kier molecular flexibility index (Phi) is 5.92. The number of hydrogen-bond donors (Lipinski definition) is 0. The van der Waals surface area contributed by atoms with E-state index in [2.05, 4.69) is 0 Å². The van der Waals surface area contributed by atoms with Crippen LogP contribution in [-0.2, 0) is 4.74 Å². The summed E-state index contributed by atoms with van der Waals surface area (Å²) in [5.74, 6) is 0. The lowest BCUT2D eigenvalue weighted by Crippen LogP contribution is -2.49. The summed E-state index contributed by atoms with van der Waals surface area (Å²) in [5.41, 5.74) is -0.388. The molecule has 0 aliphatic carbocycles. The number of nitrogens with zero attached hydrogens (tertiary/aromatic N) is 4. The summed E-state index contributed by atoms with van der Waals surface area (Å²) in [6, 6.07) is 3.83. The predicted molar refractivity (Wildman–Crippen MR) is 81.1 cm³/mol. The van der Waals surface area contributed by atoms with Crippen molar-refractivity contribution in [2.24, 2.45) is 0 Å². The minimum absolute atomic E-state index is 0.119. The highest BCUT2D eigenvalue weighted by Crippen LogP contribution is 2.23. The van der Waals surface area contributed by atoms with Crippen LogP contribution in [0.25, 0.3) is 0 Å². The van der Waals surface area contributed by atoms with Gasteiger partial charge in [0, 0.05) is 26.2 Å². The van der Waals surface area contributed by atoms with Gasteiger partial charge < -0.3 is 14.5 Å². The minimum Gasteiger partial charge on any atom is -0.444 e. The van der Waals surface area contributed by atoms with E-state index in [4.69, 9.17) is 15.3 Å². The van der Waals surface area contributed by atoms with Gasteiger partial charge >= 0.3 is 6.09 Å². The number of ether oxygens (including phenoxy) is 1. The van der Waals surface area contributed by atoms with Crippen molar-refractivity contribution in [2.75, 3.05) is 32.4 Å². The van der Waals surface area contributed by atoms with Crippen LogP contribution in [0.5, 0.6) is 0 Å². The molecule has 1 amide bonds. The molecule has 6 nitrogen and oxygen atoms in total. The van der Waals surface area contributed by atoms with Crippen molar-refractivity contribution in [1.29, 1.82) is 10.5 Å². The maximum atomic E-state index is 12.0. The Labute approximate surface area is 129 Å². The second-order valence-electron chi connectivity index (χ2n) is 5.56. The molecule has 21 heavy (non-hydrogen) atoms. The summed E-state index contributed by atoms with van der Waals surface area (Å²) in [4.78, 5) is 15.6. The lowest BCUT2D eigenvalue weighted by Gasteiger charge is -2.37. The largest absolute Gasteiger partial charge is 0.444 e. The number of nitriles is 2. The van der Waals surface area contributed by atoms with Crippen LogP contribution in [-0.4, -0.2) is 53.9 Å².